The molecule has 2 amide bonds. The number of carboxylic acids is 1. The van der Waals surface area contributed by atoms with E-state index in [2.05, 4.69) is 5.32 Å². The Labute approximate surface area is 122 Å². The molecule has 0 fully saturated rings. The Bertz CT molecular complexity index is 467. The number of carboxylic acid groups (broad SMARTS) is 1. The topological polar surface area (TPSA) is 78.9 Å². The molecule has 0 aliphatic rings. The van der Waals surface area contributed by atoms with Gasteiger partial charge in [0.1, 0.15) is 6.54 Å². The molecule has 0 aliphatic heterocycles. The van der Waals surface area contributed by atoms with Gasteiger partial charge in [-0.3, -0.25) is 4.79 Å². The monoisotopic (exact) mass is 300 g/mol. The van der Waals surface area contributed by atoms with E-state index in [1.165, 1.54) is 12.0 Å². The van der Waals surface area contributed by atoms with Gasteiger partial charge in [0.2, 0.25) is 0 Å². The van der Waals surface area contributed by atoms with E-state index in [-0.39, 0.29) is 26.2 Å². The first-order valence-corrected chi connectivity index (χ1v) is 6.38. The maximum atomic E-state index is 11.9. The minimum absolute atomic E-state index is 0.212. The van der Waals surface area contributed by atoms with Crippen molar-refractivity contribution in [3.8, 4) is 0 Å². The molecule has 0 aromatic heterocycles. The number of nitrogens with one attached hydrogen (secondary N) is 1. The summed E-state index contributed by atoms with van der Waals surface area (Å²) in [6.45, 7) is 0.398. The normalized spacial score (nSPS) is 10.1. The number of urea groups is 1. The van der Waals surface area contributed by atoms with Crippen LogP contribution in [0.15, 0.2) is 24.3 Å². The number of hydrogen-bond donors (Lipinski definition) is 2. The molecule has 0 bridgehead atoms. The molecule has 7 heteroatoms. The molecular weight excluding hydrogens is 284 g/mol. The summed E-state index contributed by atoms with van der Waals surface area (Å²) >= 11 is 5.84. The largest absolute Gasteiger partial charge is 0.480 e. The Hall–Kier alpha value is -1.79. The van der Waals surface area contributed by atoms with Crippen LogP contribution in [0.2, 0.25) is 5.02 Å². The van der Waals surface area contributed by atoms with Crippen LogP contribution >= 0.6 is 11.6 Å². The standard InChI is InChI=1S/C13H17ClN2O4/c1-20-6-5-16(9-12(17)18)13(19)15-8-10-3-2-4-11(14)7-10/h2-4,7H,5-6,8-9H2,1H3,(H,15,19)(H,17,18). The number of rotatable bonds is 7. The Balaban J connectivity index is 2.54. The molecule has 6 nitrogen and oxygen atoms in total. The number of methoxy groups -OCH3 is 1. The van der Waals surface area contributed by atoms with Gasteiger partial charge in [-0.15, -0.1) is 0 Å². The molecule has 0 unspecified atom stereocenters. The molecule has 110 valence electrons. The number of ether oxygens (including phenoxy) is 1. The highest BCUT2D eigenvalue weighted by atomic mass is 35.5. The van der Waals surface area contributed by atoms with Crippen LogP contribution in [0.1, 0.15) is 5.56 Å². The summed E-state index contributed by atoms with van der Waals surface area (Å²) in [5, 5.41) is 12.0. The Morgan fingerprint density at radius 3 is 2.80 bits per heavy atom. The van der Waals surface area contributed by atoms with E-state index in [4.69, 9.17) is 21.4 Å². The third-order valence-corrected chi connectivity index (χ3v) is 2.75. The highest BCUT2D eigenvalue weighted by Crippen LogP contribution is 2.10. The first kappa shape index (κ1) is 16.3. The molecule has 1 rings (SSSR count). The molecule has 0 radical (unpaired) electrons. The molecule has 0 saturated carbocycles. The van der Waals surface area contributed by atoms with E-state index in [1.54, 1.807) is 18.2 Å². The molecule has 20 heavy (non-hydrogen) atoms. The van der Waals surface area contributed by atoms with E-state index in [0.29, 0.717) is 5.02 Å². The lowest BCUT2D eigenvalue weighted by Crippen LogP contribution is -2.44. The minimum Gasteiger partial charge on any atom is -0.480 e. The number of aliphatic carboxylic acids is 1. The summed E-state index contributed by atoms with van der Waals surface area (Å²) in [5.41, 5.74) is 0.841. The lowest BCUT2D eigenvalue weighted by molar-refractivity contribution is -0.137. The van der Waals surface area contributed by atoms with Gasteiger partial charge in [-0.25, -0.2) is 4.79 Å². The zero-order chi connectivity index (χ0) is 15.0. The van der Waals surface area contributed by atoms with Gasteiger partial charge in [0.25, 0.3) is 0 Å². The van der Waals surface area contributed by atoms with Gasteiger partial charge >= 0.3 is 12.0 Å². The van der Waals surface area contributed by atoms with E-state index in [1.807, 2.05) is 6.07 Å². The van der Waals surface area contributed by atoms with Crippen molar-refractivity contribution in [2.45, 2.75) is 6.54 Å². The van der Waals surface area contributed by atoms with Crippen molar-refractivity contribution in [3.63, 3.8) is 0 Å². The third kappa shape index (κ3) is 5.90. The molecular formula is C13H17ClN2O4. The number of amides is 2. The van der Waals surface area contributed by atoms with Crippen molar-refractivity contribution in [3.05, 3.63) is 34.9 Å². The van der Waals surface area contributed by atoms with Crippen LogP contribution in [-0.2, 0) is 16.1 Å². The number of carbonyl (C=O) groups excluding carboxylic acids is 1. The molecule has 0 spiro atoms. The summed E-state index contributed by atoms with van der Waals surface area (Å²) in [7, 11) is 1.49. The second kappa shape index (κ2) is 8.39. The average molecular weight is 301 g/mol. The van der Waals surface area contributed by atoms with Crippen molar-refractivity contribution < 1.29 is 19.4 Å². The van der Waals surface area contributed by atoms with Crippen molar-refractivity contribution in [1.82, 2.24) is 10.2 Å². The van der Waals surface area contributed by atoms with Crippen LogP contribution < -0.4 is 5.32 Å². The zero-order valence-electron chi connectivity index (χ0n) is 11.1. The predicted molar refractivity (Wildman–Crippen MR) is 74.8 cm³/mol. The van der Waals surface area contributed by atoms with Gasteiger partial charge in [0.15, 0.2) is 0 Å². The van der Waals surface area contributed by atoms with Gasteiger partial charge in [-0.2, -0.15) is 0 Å². The maximum absolute atomic E-state index is 11.9. The van der Waals surface area contributed by atoms with Crippen LogP contribution in [-0.4, -0.2) is 48.8 Å². The molecule has 0 atom stereocenters. The Morgan fingerprint density at radius 1 is 1.45 bits per heavy atom. The first-order chi connectivity index (χ1) is 9.52. The second-order valence-electron chi connectivity index (χ2n) is 4.10. The molecule has 0 heterocycles. The Kier molecular flexibility index (Phi) is 6.83. The fourth-order valence-electron chi connectivity index (χ4n) is 1.55. The highest BCUT2D eigenvalue weighted by Gasteiger charge is 2.15. The van der Waals surface area contributed by atoms with Crippen LogP contribution in [0, 0.1) is 0 Å². The third-order valence-electron chi connectivity index (χ3n) is 2.51. The lowest BCUT2D eigenvalue weighted by Gasteiger charge is -2.20. The van der Waals surface area contributed by atoms with Crippen LogP contribution in [0.3, 0.4) is 0 Å². The van der Waals surface area contributed by atoms with Gasteiger partial charge in [-0.1, -0.05) is 23.7 Å². The molecule has 1 aromatic rings. The van der Waals surface area contributed by atoms with E-state index >= 15 is 0 Å². The van der Waals surface area contributed by atoms with E-state index in [9.17, 15) is 9.59 Å². The zero-order valence-corrected chi connectivity index (χ0v) is 11.9. The number of carbonyl (C=O) groups is 2. The molecule has 1 aromatic carbocycles. The predicted octanol–water partition coefficient (Wildman–Crippen LogP) is 1.58. The summed E-state index contributed by atoms with van der Waals surface area (Å²) in [6, 6.07) is 6.62. The van der Waals surface area contributed by atoms with Gasteiger partial charge < -0.3 is 20.1 Å². The molecule has 0 aliphatic carbocycles. The quantitative estimate of drug-likeness (QED) is 0.801. The van der Waals surface area contributed by atoms with E-state index in [0.717, 1.165) is 5.56 Å². The smallest absolute Gasteiger partial charge is 0.323 e. The highest BCUT2D eigenvalue weighted by molar-refractivity contribution is 6.30. The van der Waals surface area contributed by atoms with Crippen molar-refractivity contribution in [2.24, 2.45) is 0 Å². The first-order valence-electron chi connectivity index (χ1n) is 6.01. The lowest BCUT2D eigenvalue weighted by atomic mass is 10.2. The fraction of sp³-hybridized carbons (Fsp3) is 0.385. The summed E-state index contributed by atoms with van der Waals surface area (Å²) < 4.78 is 4.85. The number of hydrogen-bond acceptors (Lipinski definition) is 3. The maximum Gasteiger partial charge on any atom is 0.323 e. The average Bonchev–Trinajstić information content (AvgIpc) is 2.40. The van der Waals surface area contributed by atoms with Crippen LogP contribution in [0.5, 0.6) is 0 Å². The Morgan fingerprint density at radius 2 is 2.20 bits per heavy atom. The van der Waals surface area contributed by atoms with Crippen molar-refractivity contribution in [2.75, 3.05) is 26.8 Å². The van der Waals surface area contributed by atoms with Gasteiger partial charge in [0, 0.05) is 25.2 Å². The molecule has 2 N–H and O–H groups in total. The van der Waals surface area contributed by atoms with Gasteiger partial charge in [0.05, 0.1) is 6.61 Å². The van der Waals surface area contributed by atoms with Crippen molar-refractivity contribution in [1.29, 1.82) is 0 Å². The van der Waals surface area contributed by atoms with Crippen LogP contribution in [0.25, 0.3) is 0 Å². The minimum atomic E-state index is -1.07. The van der Waals surface area contributed by atoms with Gasteiger partial charge in [-0.05, 0) is 17.7 Å². The summed E-state index contributed by atoms with van der Waals surface area (Å²) in [5.74, 6) is -1.07. The number of benzene rings is 1. The number of nitrogens with zero attached hydrogens (tertiary/aromatic N) is 1. The number of halogens is 1. The summed E-state index contributed by atoms with van der Waals surface area (Å²) in [4.78, 5) is 23.8. The van der Waals surface area contributed by atoms with Crippen molar-refractivity contribution >= 4 is 23.6 Å². The fourth-order valence-corrected chi connectivity index (χ4v) is 1.77. The van der Waals surface area contributed by atoms with Crippen LogP contribution in [0.4, 0.5) is 4.79 Å². The SMILES string of the molecule is COCCN(CC(=O)O)C(=O)NCc1cccc(Cl)c1. The summed E-state index contributed by atoms with van der Waals surface area (Å²) in [6.07, 6.45) is 0. The van der Waals surface area contributed by atoms with E-state index < -0.39 is 12.0 Å². The second-order valence-corrected chi connectivity index (χ2v) is 4.53. The molecule has 0 saturated heterocycles.